The van der Waals surface area contributed by atoms with Crippen LogP contribution in [0, 0.1) is 0 Å². The molecule has 0 bridgehead atoms. The standard InChI is InChI=1S/C23H30N4O2S/c1-30-23-24-15-18(16-25-23)17-26-13-9-19(10-14-26)29-21-8-4-3-7-20(21)22(28)27-11-5-2-6-12-27/h3-4,7-8,15-16,19H,2,5-6,9-14,17H2,1H3. The van der Waals surface area contributed by atoms with E-state index in [4.69, 9.17) is 4.74 Å². The highest BCUT2D eigenvalue weighted by Crippen LogP contribution is 2.26. The van der Waals surface area contributed by atoms with Crippen molar-refractivity contribution in [3.8, 4) is 5.75 Å². The molecule has 0 radical (unpaired) electrons. The Kier molecular flexibility index (Phi) is 7.23. The molecule has 0 spiro atoms. The average Bonchev–Trinajstić information content (AvgIpc) is 2.81. The number of benzene rings is 1. The maximum atomic E-state index is 13.0. The predicted molar refractivity (Wildman–Crippen MR) is 119 cm³/mol. The fourth-order valence-electron chi connectivity index (χ4n) is 4.17. The number of aromatic nitrogens is 2. The van der Waals surface area contributed by atoms with Gasteiger partial charge in [-0.05, 0) is 50.5 Å². The number of nitrogens with zero attached hydrogens (tertiary/aromatic N) is 4. The Morgan fingerprint density at radius 1 is 1.07 bits per heavy atom. The van der Waals surface area contributed by atoms with Crippen LogP contribution >= 0.6 is 11.8 Å². The van der Waals surface area contributed by atoms with E-state index in [-0.39, 0.29) is 12.0 Å². The van der Waals surface area contributed by atoms with Crippen LogP contribution in [0.4, 0.5) is 0 Å². The molecular weight excluding hydrogens is 396 g/mol. The van der Waals surface area contributed by atoms with Crippen LogP contribution < -0.4 is 4.74 Å². The molecule has 0 unspecified atom stereocenters. The van der Waals surface area contributed by atoms with Crippen LogP contribution in [0.25, 0.3) is 0 Å². The normalized spacial score (nSPS) is 18.4. The van der Waals surface area contributed by atoms with Gasteiger partial charge in [-0.25, -0.2) is 9.97 Å². The lowest BCUT2D eigenvalue weighted by atomic mass is 10.1. The summed E-state index contributed by atoms with van der Waals surface area (Å²) in [6, 6.07) is 7.72. The largest absolute Gasteiger partial charge is 0.489 e. The Morgan fingerprint density at radius 2 is 1.77 bits per heavy atom. The van der Waals surface area contributed by atoms with Gasteiger partial charge in [0.1, 0.15) is 11.9 Å². The minimum absolute atomic E-state index is 0.108. The van der Waals surface area contributed by atoms with Crippen LogP contribution in [-0.2, 0) is 6.54 Å². The minimum Gasteiger partial charge on any atom is -0.489 e. The fourth-order valence-corrected chi connectivity index (χ4v) is 4.48. The topological polar surface area (TPSA) is 58.6 Å². The zero-order valence-electron chi connectivity index (χ0n) is 17.6. The number of ether oxygens (including phenoxy) is 1. The predicted octanol–water partition coefficient (Wildman–Crippen LogP) is 3.87. The van der Waals surface area contributed by atoms with Gasteiger partial charge in [0.05, 0.1) is 5.56 Å². The highest BCUT2D eigenvalue weighted by Gasteiger charge is 2.25. The van der Waals surface area contributed by atoms with E-state index in [1.165, 1.54) is 6.42 Å². The van der Waals surface area contributed by atoms with Gasteiger partial charge in [0.2, 0.25) is 0 Å². The molecule has 1 aromatic heterocycles. The molecule has 0 aliphatic carbocycles. The first-order valence-corrected chi connectivity index (χ1v) is 12.1. The van der Waals surface area contributed by atoms with E-state index in [9.17, 15) is 4.79 Å². The van der Waals surface area contributed by atoms with Crippen molar-refractivity contribution in [1.82, 2.24) is 19.8 Å². The molecule has 1 aromatic carbocycles. The number of rotatable bonds is 6. The Balaban J connectivity index is 1.32. The van der Waals surface area contributed by atoms with Crippen molar-refractivity contribution in [2.75, 3.05) is 32.4 Å². The zero-order chi connectivity index (χ0) is 20.8. The molecule has 4 rings (SSSR count). The summed E-state index contributed by atoms with van der Waals surface area (Å²) in [6.45, 7) is 4.51. The summed E-state index contributed by atoms with van der Waals surface area (Å²) in [5.74, 6) is 0.837. The Labute approximate surface area is 183 Å². The first kappa shape index (κ1) is 21.1. The quantitative estimate of drug-likeness (QED) is 0.516. The van der Waals surface area contributed by atoms with Crippen LogP contribution in [-0.4, -0.2) is 64.2 Å². The first-order valence-electron chi connectivity index (χ1n) is 10.8. The SMILES string of the molecule is CSc1ncc(CN2CCC(Oc3ccccc3C(=O)N3CCCCC3)CC2)cn1. The number of amides is 1. The van der Waals surface area contributed by atoms with Crippen molar-refractivity contribution in [2.45, 2.75) is 49.9 Å². The summed E-state index contributed by atoms with van der Waals surface area (Å²) in [6.07, 6.45) is 11.3. The number of para-hydroxylation sites is 1. The van der Waals surface area contributed by atoms with Crippen LogP contribution in [0.5, 0.6) is 5.75 Å². The van der Waals surface area contributed by atoms with Crippen LogP contribution in [0.2, 0.25) is 0 Å². The van der Waals surface area contributed by atoms with E-state index in [0.29, 0.717) is 5.56 Å². The second kappa shape index (κ2) is 10.3. The lowest BCUT2D eigenvalue weighted by molar-refractivity contribution is 0.0702. The molecule has 7 heteroatoms. The molecule has 0 N–H and O–H groups in total. The van der Waals surface area contributed by atoms with Gasteiger partial charge in [-0.3, -0.25) is 9.69 Å². The second-order valence-electron chi connectivity index (χ2n) is 8.02. The van der Waals surface area contributed by atoms with Crippen molar-refractivity contribution < 1.29 is 9.53 Å². The number of carbonyl (C=O) groups is 1. The summed E-state index contributed by atoms with van der Waals surface area (Å²) in [4.78, 5) is 26.1. The molecule has 6 nitrogen and oxygen atoms in total. The van der Waals surface area contributed by atoms with E-state index in [0.717, 1.165) is 74.9 Å². The molecule has 2 saturated heterocycles. The summed E-state index contributed by atoms with van der Waals surface area (Å²) in [5.41, 5.74) is 1.84. The van der Waals surface area contributed by atoms with Crippen molar-refractivity contribution >= 4 is 17.7 Å². The van der Waals surface area contributed by atoms with Gasteiger partial charge in [-0.1, -0.05) is 23.9 Å². The smallest absolute Gasteiger partial charge is 0.257 e. The number of likely N-dealkylation sites (tertiary alicyclic amines) is 2. The first-order chi connectivity index (χ1) is 14.7. The monoisotopic (exact) mass is 426 g/mol. The molecule has 0 atom stereocenters. The molecule has 30 heavy (non-hydrogen) atoms. The highest BCUT2D eigenvalue weighted by atomic mass is 32.2. The van der Waals surface area contributed by atoms with Crippen molar-refractivity contribution in [2.24, 2.45) is 0 Å². The van der Waals surface area contributed by atoms with E-state index in [1.807, 2.05) is 47.8 Å². The summed E-state index contributed by atoms with van der Waals surface area (Å²) >= 11 is 1.56. The molecule has 3 heterocycles. The maximum Gasteiger partial charge on any atom is 0.257 e. The van der Waals surface area contributed by atoms with Crippen molar-refractivity contribution in [1.29, 1.82) is 0 Å². The average molecular weight is 427 g/mol. The summed E-state index contributed by atoms with van der Waals surface area (Å²) < 4.78 is 6.33. The summed E-state index contributed by atoms with van der Waals surface area (Å²) in [7, 11) is 0. The molecule has 2 aromatic rings. The number of piperidine rings is 2. The highest BCUT2D eigenvalue weighted by molar-refractivity contribution is 7.98. The number of hydrogen-bond acceptors (Lipinski definition) is 6. The fraction of sp³-hybridized carbons (Fsp3) is 0.522. The molecule has 2 fully saturated rings. The van der Waals surface area contributed by atoms with Crippen LogP contribution in [0.15, 0.2) is 41.8 Å². The molecule has 1 amide bonds. The van der Waals surface area contributed by atoms with Gasteiger partial charge in [0, 0.05) is 50.7 Å². The second-order valence-corrected chi connectivity index (χ2v) is 8.79. The third kappa shape index (κ3) is 5.32. The van der Waals surface area contributed by atoms with Crippen molar-refractivity contribution in [3.63, 3.8) is 0 Å². The third-order valence-electron chi connectivity index (χ3n) is 5.86. The van der Waals surface area contributed by atoms with Gasteiger partial charge in [-0.15, -0.1) is 0 Å². The molecular formula is C23H30N4O2S. The molecule has 0 saturated carbocycles. The maximum absolute atomic E-state index is 13.0. The summed E-state index contributed by atoms with van der Waals surface area (Å²) in [5, 5.41) is 0.809. The van der Waals surface area contributed by atoms with E-state index in [1.54, 1.807) is 11.8 Å². The zero-order valence-corrected chi connectivity index (χ0v) is 18.4. The lowest BCUT2D eigenvalue weighted by Gasteiger charge is -2.33. The van der Waals surface area contributed by atoms with E-state index < -0.39 is 0 Å². The third-order valence-corrected chi connectivity index (χ3v) is 6.44. The van der Waals surface area contributed by atoms with E-state index >= 15 is 0 Å². The Hall–Kier alpha value is -2.12. The van der Waals surface area contributed by atoms with Gasteiger partial charge in [-0.2, -0.15) is 0 Å². The number of hydrogen-bond donors (Lipinski definition) is 0. The van der Waals surface area contributed by atoms with E-state index in [2.05, 4.69) is 14.9 Å². The number of thioether (sulfide) groups is 1. The van der Waals surface area contributed by atoms with Gasteiger partial charge in [0.25, 0.3) is 5.91 Å². The van der Waals surface area contributed by atoms with Crippen molar-refractivity contribution in [3.05, 3.63) is 47.8 Å². The minimum atomic E-state index is 0.108. The Bertz CT molecular complexity index is 831. The van der Waals surface area contributed by atoms with Gasteiger partial charge < -0.3 is 9.64 Å². The molecule has 2 aliphatic heterocycles. The van der Waals surface area contributed by atoms with Gasteiger partial charge in [0.15, 0.2) is 5.16 Å². The lowest BCUT2D eigenvalue weighted by Crippen LogP contribution is -2.38. The van der Waals surface area contributed by atoms with Crippen LogP contribution in [0.3, 0.4) is 0 Å². The molecule has 160 valence electrons. The van der Waals surface area contributed by atoms with Crippen LogP contribution in [0.1, 0.15) is 48.0 Å². The van der Waals surface area contributed by atoms with Gasteiger partial charge >= 0.3 is 0 Å². The molecule has 2 aliphatic rings. The Morgan fingerprint density at radius 3 is 2.47 bits per heavy atom. The number of carbonyl (C=O) groups excluding carboxylic acids is 1.